The van der Waals surface area contributed by atoms with Crippen LogP contribution in [-0.2, 0) is 19.1 Å². The summed E-state index contributed by atoms with van der Waals surface area (Å²) >= 11 is 0. The lowest BCUT2D eigenvalue weighted by Gasteiger charge is -2.35. The predicted octanol–water partition coefficient (Wildman–Crippen LogP) is 3.37. The molecule has 1 aromatic carbocycles. The number of allylic oxidation sites excluding steroid dienone is 1. The van der Waals surface area contributed by atoms with E-state index in [1.807, 2.05) is 19.1 Å². The number of hydrogen-bond acceptors (Lipinski definition) is 5. The number of urea groups is 1. The Bertz CT molecular complexity index is 845. The molecule has 0 bridgehead atoms. The molecule has 0 saturated heterocycles. The van der Waals surface area contributed by atoms with Gasteiger partial charge in [-0.2, -0.15) is 0 Å². The Kier molecular flexibility index (Phi) is 7.68. The maximum atomic E-state index is 12.9. The van der Waals surface area contributed by atoms with Crippen LogP contribution in [0.3, 0.4) is 0 Å². The first-order valence-corrected chi connectivity index (χ1v) is 10.8. The third-order valence-electron chi connectivity index (χ3n) is 5.77. The van der Waals surface area contributed by atoms with E-state index in [1.165, 1.54) is 7.11 Å². The zero-order valence-electron chi connectivity index (χ0n) is 18.4. The van der Waals surface area contributed by atoms with Crippen LogP contribution in [0.2, 0.25) is 0 Å². The molecule has 1 aliphatic carbocycles. The Labute approximate surface area is 183 Å². The van der Waals surface area contributed by atoms with Gasteiger partial charge in [0.05, 0.1) is 18.2 Å². The van der Waals surface area contributed by atoms with Crippen molar-refractivity contribution in [2.45, 2.75) is 45.6 Å². The van der Waals surface area contributed by atoms with Crippen LogP contribution in [0.1, 0.15) is 51.1 Å². The number of nitrogens with zero attached hydrogens (tertiary/aromatic N) is 1. The van der Waals surface area contributed by atoms with E-state index in [0.717, 1.165) is 31.2 Å². The number of esters is 1. The summed E-state index contributed by atoms with van der Waals surface area (Å²) in [4.78, 5) is 39.3. The number of rotatable bonds is 9. The summed E-state index contributed by atoms with van der Waals surface area (Å²) in [6, 6.07) is 6.32. The lowest BCUT2D eigenvalue weighted by Crippen LogP contribution is -2.48. The van der Waals surface area contributed by atoms with Gasteiger partial charge in [0.1, 0.15) is 6.61 Å². The summed E-state index contributed by atoms with van der Waals surface area (Å²) < 4.78 is 10.3. The SMILES string of the molecule is CCCN1C(=O)N[C@H](c2ccc(NC(=O)C3CCC3)cc2)C(C(=O)OCCOC)=C1C. The number of carbonyl (C=O) groups is 3. The van der Waals surface area contributed by atoms with Crippen molar-refractivity contribution in [1.29, 1.82) is 0 Å². The molecule has 168 valence electrons. The third kappa shape index (κ3) is 5.25. The minimum Gasteiger partial charge on any atom is -0.460 e. The first-order valence-electron chi connectivity index (χ1n) is 10.8. The van der Waals surface area contributed by atoms with E-state index in [2.05, 4.69) is 10.6 Å². The van der Waals surface area contributed by atoms with Gasteiger partial charge < -0.3 is 20.1 Å². The number of benzene rings is 1. The Morgan fingerprint density at radius 3 is 2.48 bits per heavy atom. The molecule has 31 heavy (non-hydrogen) atoms. The van der Waals surface area contributed by atoms with E-state index in [4.69, 9.17) is 9.47 Å². The van der Waals surface area contributed by atoms with Crippen LogP contribution < -0.4 is 10.6 Å². The highest BCUT2D eigenvalue weighted by atomic mass is 16.6. The molecule has 0 radical (unpaired) electrons. The summed E-state index contributed by atoms with van der Waals surface area (Å²) in [6.07, 6.45) is 3.73. The second-order valence-corrected chi connectivity index (χ2v) is 7.90. The van der Waals surface area contributed by atoms with Crippen molar-refractivity contribution >= 4 is 23.6 Å². The molecule has 1 fully saturated rings. The topological polar surface area (TPSA) is 97.0 Å². The average molecular weight is 430 g/mol. The summed E-state index contributed by atoms with van der Waals surface area (Å²) in [5, 5.41) is 5.86. The van der Waals surface area contributed by atoms with Crippen LogP contribution in [0.5, 0.6) is 0 Å². The minimum absolute atomic E-state index is 0.0401. The number of carbonyl (C=O) groups excluding carboxylic acids is 3. The molecule has 3 amide bonds. The Morgan fingerprint density at radius 1 is 1.19 bits per heavy atom. The van der Waals surface area contributed by atoms with Crippen LogP contribution >= 0.6 is 0 Å². The zero-order chi connectivity index (χ0) is 22.4. The van der Waals surface area contributed by atoms with Gasteiger partial charge in [-0.05, 0) is 43.9 Å². The summed E-state index contributed by atoms with van der Waals surface area (Å²) in [7, 11) is 1.54. The smallest absolute Gasteiger partial charge is 0.338 e. The Morgan fingerprint density at radius 2 is 1.90 bits per heavy atom. The fraction of sp³-hybridized carbons (Fsp3) is 0.522. The lowest BCUT2D eigenvalue weighted by molar-refractivity contribution is -0.141. The van der Waals surface area contributed by atoms with Crippen molar-refractivity contribution < 1.29 is 23.9 Å². The zero-order valence-corrected chi connectivity index (χ0v) is 18.4. The molecule has 0 aromatic heterocycles. The average Bonchev–Trinajstić information content (AvgIpc) is 2.70. The molecule has 8 nitrogen and oxygen atoms in total. The van der Waals surface area contributed by atoms with Gasteiger partial charge >= 0.3 is 12.0 Å². The molecule has 1 heterocycles. The molecule has 2 N–H and O–H groups in total. The van der Waals surface area contributed by atoms with Crippen molar-refractivity contribution in [2.75, 3.05) is 32.2 Å². The maximum absolute atomic E-state index is 12.9. The van der Waals surface area contributed by atoms with Crippen molar-refractivity contribution in [3.63, 3.8) is 0 Å². The Hall–Kier alpha value is -2.87. The molecular weight excluding hydrogens is 398 g/mol. The highest BCUT2D eigenvalue weighted by Gasteiger charge is 2.36. The molecular formula is C23H31N3O5. The van der Waals surface area contributed by atoms with Gasteiger partial charge in [0.25, 0.3) is 0 Å². The summed E-state index contributed by atoms with van der Waals surface area (Å²) in [5.41, 5.74) is 2.42. The molecule has 0 spiro atoms. The van der Waals surface area contributed by atoms with Crippen molar-refractivity contribution in [2.24, 2.45) is 5.92 Å². The number of amides is 3. The van der Waals surface area contributed by atoms with E-state index in [1.54, 1.807) is 24.0 Å². The van der Waals surface area contributed by atoms with Gasteiger partial charge in [-0.3, -0.25) is 9.69 Å². The summed E-state index contributed by atoms with van der Waals surface area (Å²) in [6.45, 7) is 4.67. The molecule has 3 rings (SSSR count). The van der Waals surface area contributed by atoms with E-state index in [9.17, 15) is 14.4 Å². The van der Waals surface area contributed by atoms with Crippen molar-refractivity contribution in [3.8, 4) is 0 Å². The molecule has 1 aromatic rings. The van der Waals surface area contributed by atoms with Gasteiger partial charge in [0.15, 0.2) is 0 Å². The second kappa shape index (κ2) is 10.4. The summed E-state index contributed by atoms with van der Waals surface area (Å²) in [5.74, 6) is -0.345. The first kappa shape index (κ1) is 22.8. The molecule has 8 heteroatoms. The van der Waals surface area contributed by atoms with E-state index in [0.29, 0.717) is 30.1 Å². The highest BCUT2D eigenvalue weighted by Crippen LogP contribution is 2.32. The van der Waals surface area contributed by atoms with E-state index < -0.39 is 12.0 Å². The third-order valence-corrected chi connectivity index (χ3v) is 5.77. The highest BCUT2D eigenvalue weighted by molar-refractivity contribution is 5.95. The van der Waals surface area contributed by atoms with Gasteiger partial charge in [-0.1, -0.05) is 25.5 Å². The van der Waals surface area contributed by atoms with Gasteiger partial charge in [-0.25, -0.2) is 9.59 Å². The monoisotopic (exact) mass is 429 g/mol. The van der Waals surface area contributed by atoms with Crippen molar-refractivity contribution in [1.82, 2.24) is 10.2 Å². The minimum atomic E-state index is -0.632. The molecule has 0 unspecified atom stereocenters. The number of hydrogen-bond donors (Lipinski definition) is 2. The Balaban J connectivity index is 1.83. The fourth-order valence-electron chi connectivity index (χ4n) is 3.76. The van der Waals surface area contributed by atoms with E-state index >= 15 is 0 Å². The van der Waals surface area contributed by atoms with E-state index in [-0.39, 0.29) is 24.5 Å². The maximum Gasteiger partial charge on any atom is 0.338 e. The molecule has 2 aliphatic rings. The van der Waals surface area contributed by atoms with Crippen LogP contribution in [-0.4, -0.2) is 49.7 Å². The lowest BCUT2D eigenvalue weighted by atomic mass is 9.85. The second-order valence-electron chi connectivity index (χ2n) is 7.90. The molecule has 1 atom stereocenters. The standard InChI is InChI=1S/C23H31N3O5/c1-4-12-26-15(2)19(22(28)31-14-13-30-3)20(25-23(26)29)16-8-10-18(11-9-16)24-21(27)17-6-5-7-17/h8-11,17,20H,4-7,12-14H2,1-3H3,(H,24,27)(H,25,29)/t20-/m1/s1. The molecule has 1 saturated carbocycles. The fourth-order valence-corrected chi connectivity index (χ4v) is 3.76. The van der Waals surface area contributed by atoms with Crippen LogP contribution in [0, 0.1) is 5.92 Å². The number of methoxy groups -OCH3 is 1. The van der Waals surface area contributed by atoms with Gasteiger partial charge in [0, 0.05) is 31.0 Å². The van der Waals surface area contributed by atoms with Crippen LogP contribution in [0.4, 0.5) is 10.5 Å². The predicted molar refractivity (Wildman–Crippen MR) is 116 cm³/mol. The molecule has 1 aliphatic heterocycles. The van der Waals surface area contributed by atoms with Crippen LogP contribution in [0.15, 0.2) is 35.5 Å². The number of nitrogens with one attached hydrogen (secondary N) is 2. The number of ether oxygens (including phenoxy) is 2. The number of anilines is 1. The normalized spacial score (nSPS) is 19.0. The van der Waals surface area contributed by atoms with Gasteiger partial charge in [-0.15, -0.1) is 0 Å². The largest absolute Gasteiger partial charge is 0.460 e. The quantitative estimate of drug-likeness (QED) is 0.463. The van der Waals surface area contributed by atoms with Crippen molar-refractivity contribution in [3.05, 3.63) is 41.1 Å². The first-order chi connectivity index (χ1) is 15.0. The van der Waals surface area contributed by atoms with Gasteiger partial charge in [0.2, 0.25) is 5.91 Å². The van der Waals surface area contributed by atoms with Crippen LogP contribution in [0.25, 0.3) is 0 Å².